The summed E-state index contributed by atoms with van der Waals surface area (Å²) in [5, 5.41) is 0. The highest BCUT2D eigenvalue weighted by Gasteiger charge is 2.45. The number of alkyl halides is 2. The van der Waals surface area contributed by atoms with Gasteiger partial charge in [0.2, 0.25) is 0 Å². The van der Waals surface area contributed by atoms with E-state index in [1.54, 1.807) is 17.0 Å². The largest absolute Gasteiger partial charge is 0.434 e. The minimum atomic E-state index is -2.98. The summed E-state index contributed by atoms with van der Waals surface area (Å²) in [6, 6.07) is 16.3. The lowest BCUT2D eigenvalue weighted by atomic mass is 9.80. The second-order valence-electron chi connectivity index (χ2n) is 8.38. The first-order valence-electron chi connectivity index (χ1n) is 11.2. The van der Waals surface area contributed by atoms with Crippen LogP contribution in [0.1, 0.15) is 54.6 Å². The molecule has 0 bridgehead atoms. The molecule has 5 nitrogen and oxygen atoms in total. The molecule has 2 saturated heterocycles. The normalized spacial score (nSPS) is 22.8. The second-order valence-corrected chi connectivity index (χ2v) is 8.38. The van der Waals surface area contributed by atoms with Gasteiger partial charge in [-0.3, -0.25) is 4.79 Å². The van der Waals surface area contributed by atoms with Crippen LogP contribution in [0.15, 0.2) is 54.6 Å². The molecular weight excluding hydrogens is 416 g/mol. The summed E-state index contributed by atoms with van der Waals surface area (Å²) in [6.45, 7) is 0.646. The van der Waals surface area contributed by atoms with Crippen LogP contribution in [-0.4, -0.2) is 48.8 Å². The van der Waals surface area contributed by atoms with Crippen LogP contribution in [-0.2, 0) is 9.47 Å². The van der Waals surface area contributed by atoms with E-state index < -0.39 is 6.61 Å². The van der Waals surface area contributed by atoms with Crippen LogP contribution in [0.4, 0.5) is 8.78 Å². The summed E-state index contributed by atoms with van der Waals surface area (Å²) >= 11 is 0. The Kier molecular flexibility index (Phi) is 7.06. The van der Waals surface area contributed by atoms with Crippen LogP contribution in [0, 0.1) is 0 Å². The molecule has 2 heterocycles. The van der Waals surface area contributed by atoms with Gasteiger partial charge < -0.3 is 19.1 Å². The second kappa shape index (κ2) is 9.96. The molecule has 2 fully saturated rings. The van der Waals surface area contributed by atoms with E-state index in [0.717, 1.165) is 18.4 Å². The molecule has 2 unspecified atom stereocenters. The fourth-order valence-electron chi connectivity index (χ4n) is 4.82. The summed E-state index contributed by atoms with van der Waals surface area (Å²) in [6.07, 6.45) is 2.98. The zero-order valence-corrected chi connectivity index (χ0v) is 18.2. The van der Waals surface area contributed by atoms with Crippen molar-refractivity contribution in [1.29, 1.82) is 0 Å². The van der Waals surface area contributed by atoms with E-state index in [9.17, 15) is 13.6 Å². The molecule has 1 amide bonds. The van der Waals surface area contributed by atoms with Crippen molar-refractivity contribution in [1.82, 2.24) is 4.90 Å². The predicted octanol–water partition coefficient (Wildman–Crippen LogP) is 5.22. The SMILES string of the molecule is CCOC1CC(c2ccccc2)OC2(CCN(C(=O)c3ccccc3OC(F)F)CC2)C1. The molecule has 1 spiro atoms. The number of hydrogen-bond donors (Lipinski definition) is 0. The van der Waals surface area contributed by atoms with E-state index in [2.05, 4.69) is 16.9 Å². The third-order valence-corrected chi connectivity index (χ3v) is 6.34. The van der Waals surface area contributed by atoms with Gasteiger partial charge in [0.25, 0.3) is 5.91 Å². The van der Waals surface area contributed by atoms with Crippen molar-refractivity contribution in [2.75, 3.05) is 19.7 Å². The average Bonchev–Trinajstić information content (AvgIpc) is 2.80. The zero-order valence-electron chi connectivity index (χ0n) is 18.2. The lowest BCUT2D eigenvalue weighted by molar-refractivity contribution is -0.190. The van der Waals surface area contributed by atoms with Crippen LogP contribution in [0.3, 0.4) is 0 Å². The molecule has 0 aliphatic carbocycles. The Balaban J connectivity index is 1.47. The number of piperidine rings is 1. The molecule has 2 aromatic rings. The minimum Gasteiger partial charge on any atom is -0.434 e. The Hall–Kier alpha value is -2.51. The quantitative estimate of drug-likeness (QED) is 0.612. The Labute approximate surface area is 187 Å². The predicted molar refractivity (Wildman–Crippen MR) is 116 cm³/mol. The monoisotopic (exact) mass is 445 g/mol. The molecule has 2 atom stereocenters. The van der Waals surface area contributed by atoms with Gasteiger partial charge in [0, 0.05) is 32.5 Å². The van der Waals surface area contributed by atoms with E-state index in [1.165, 1.54) is 12.1 Å². The summed E-state index contributed by atoms with van der Waals surface area (Å²) in [4.78, 5) is 14.8. The van der Waals surface area contributed by atoms with Crippen molar-refractivity contribution in [2.45, 2.75) is 57.0 Å². The molecule has 0 radical (unpaired) electrons. The Morgan fingerprint density at radius 2 is 1.81 bits per heavy atom. The van der Waals surface area contributed by atoms with Crippen molar-refractivity contribution < 1.29 is 27.8 Å². The van der Waals surface area contributed by atoms with Crippen molar-refractivity contribution in [2.24, 2.45) is 0 Å². The fraction of sp³-hybridized carbons (Fsp3) is 0.480. The molecule has 32 heavy (non-hydrogen) atoms. The molecule has 2 aliphatic rings. The summed E-state index contributed by atoms with van der Waals surface area (Å²) in [5.74, 6) is -0.393. The summed E-state index contributed by atoms with van der Waals surface area (Å²) in [7, 11) is 0. The Morgan fingerprint density at radius 3 is 2.50 bits per heavy atom. The maximum atomic E-state index is 13.1. The van der Waals surface area contributed by atoms with Gasteiger partial charge in [-0.2, -0.15) is 8.78 Å². The standard InChI is InChI=1S/C25H29F2NO4/c1-2-30-19-16-22(18-8-4-3-5-9-18)32-25(17-19)12-14-28(15-13-25)23(29)20-10-6-7-11-21(20)31-24(26)27/h3-11,19,22,24H,2,12-17H2,1H3. The van der Waals surface area contributed by atoms with Gasteiger partial charge in [-0.05, 0) is 37.5 Å². The highest BCUT2D eigenvalue weighted by Crippen LogP contribution is 2.44. The maximum absolute atomic E-state index is 13.1. The Bertz CT molecular complexity index is 900. The number of carbonyl (C=O) groups excluding carboxylic acids is 1. The van der Waals surface area contributed by atoms with Gasteiger partial charge in [0.1, 0.15) is 5.75 Å². The molecular formula is C25H29F2NO4. The fourth-order valence-corrected chi connectivity index (χ4v) is 4.82. The Morgan fingerprint density at radius 1 is 1.12 bits per heavy atom. The molecule has 0 N–H and O–H groups in total. The van der Waals surface area contributed by atoms with E-state index >= 15 is 0 Å². The number of hydrogen-bond acceptors (Lipinski definition) is 4. The van der Waals surface area contributed by atoms with Crippen molar-refractivity contribution in [3.8, 4) is 5.75 Å². The summed E-state index contributed by atoms with van der Waals surface area (Å²) in [5.41, 5.74) is 0.921. The number of likely N-dealkylation sites (tertiary alicyclic amines) is 1. The minimum absolute atomic E-state index is 0.0519. The number of benzene rings is 2. The number of rotatable bonds is 6. The van der Waals surface area contributed by atoms with Crippen LogP contribution < -0.4 is 4.74 Å². The van der Waals surface area contributed by atoms with Gasteiger partial charge in [0.15, 0.2) is 0 Å². The number of ether oxygens (including phenoxy) is 3. The highest BCUT2D eigenvalue weighted by molar-refractivity contribution is 5.97. The first-order valence-corrected chi connectivity index (χ1v) is 11.2. The number of halogens is 2. The number of nitrogens with zero attached hydrogens (tertiary/aromatic N) is 1. The maximum Gasteiger partial charge on any atom is 0.387 e. The lowest BCUT2D eigenvalue weighted by Gasteiger charge is -2.48. The highest BCUT2D eigenvalue weighted by atomic mass is 19.3. The van der Waals surface area contributed by atoms with Crippen molar-refractivity contribution >= 4 is 5.91 Å². The molecule has 0 saturated carbocycles. The topological polar surface area (TPSA) is 48.0 Å². The van der Waals surface area contributed by atoms with Gasteiger partial charge >= 0.3 is 6.61 Å². The van der Waals surface area contributed by atoms with Crippen molar-refractivity contribution in [3.05, 3.63) is 65.7 Å². The van der Waals surface area contributed by atoms with Crippen LogP contribution in [0.5, 0.6) is 5.75 Å². The third kappa shape index (κ3) is 5.10. The van der Waals surface area contributed by atoms with Gasteiger partial charge in [-0.1, -0.05) is 42.5 Å². The van der Waals surface area contributed by atoms with Crippen LogP contribution >= 0.6 is 0 Å². The first-order chi connectivity index (χ1) is 15.5. The smallest absolute Gasteiger partial charge is 0.387 e. The third-order valence-electron chi connectivity index (χ3n) is 6.34. The zero-order chi connectivity index (χ0) is 22.6. The van der Waals surface area contributed by atoms with Gasteiger partial charge in [-0.15, -0.1) is 0 Å². The average molecular weight is 446 g/mol. The van der Waals surface area contributed by atoms with E-state index in [4.69, 9.17) is 9.47 Å². The van der Waals surface area contributed by atoms with E-state index in [-0.39, 0.29) is 35.0 Å². The lowest BCUT2D eigenvalue weighted by Crippen LogP contribution is -2.52. The van der Waals surface area contributed by atoms with Crippen LogP contribution in [0.2, 0.25) is 0 Å². The molecule has 172 valence electrons. The van der Waals surface area contributed by atoms with Crippen LogP contribution in [0.25, 0.3) is 0 Å². The molecule has 2 aromatic carbocycles. The number of para-hydroxylation sites is 1. The van der Waals surface area contributed by atoms with E-state index in [0.29, 0.717) is 32.5 Å². The van der Waals surface area contributed by atoms with Gasteiger partial charge in [0.05, 0.1) is 23.4 Å². The van der Waals surface area contributed by atoms with Gasteiger partial charge in [-0.25, -0.2) is 0 Å². The molecule has 2 aliphatic heterocycles. The molecule has 4 rings (SSSR count). The van der Waals surface area contributed by atoms with Crippen molar-refractivity contribution in [3.63, 3.8) is 0 Å². The molecule has 7 heteroatoms. The molecule has 0 aromatic heterocycles. The summed E-state index contributed by atoms with van der Waals surface area (Å²) < 4.78 is 42.7. The first kappa shape index (κ1) is 22.7. The van der Waals surface area contributed by atoms with E-state index in [1.807, 2.05) is 25.1 Å². The number of amides is 1. The number of carbonyl (C=O) groups is 1.